The van der Waals surface area contributed by atoms with Crippen LogP contribution >= 0.6 is 11.3 Å². The van der Waals surface area contributed by atoms with Gasteiger partial charge in [0.1, 0.15) is 10.4 Å². The molecule has 0 saturated carbocycles. The molecule has 1 atom stereocenters. The summed E-state index contributed by atoms with van der Waals surface area (Å²) in [5.41, 5.74) is 10.2. The number of nitrogens with two attached hydrogens (primary N) is 1. The van der Waals surface area contributed by atoms with E-state index in [2.05, 4.69) is 16.3 Å². The highest BCUT2D eigenvalue weighted by atomic mass is 32.1. The van der Waals surface area contributed by atoms with Crippen LogP contribution in [0.1, 0.15) is 39.0 Å². The van der Waals surface area contributed by atoms with Gasteiger partial charge in [0, 0.05) is 31.2 Å². The normalized spacial score (nSPS) is 15.6. The highest BCUT2D eigenvalue weighted by molar-refractivity contribution is 7.17. The molecule has 1 fully saturated rings. The SMILES string of the molecule is Cc1cc(C#N)cc(C)c1Oc1nc(N[C@@H]2CCN(Cc3ccc(C(N)=O)cc3)C2)nc2ccsc12. The fraction of sp³-hybridized carbons (Fsp3) is 0.259. The lowest BCUT2D eigenvalue weighted by molar-refractivity contribution is 0.1000. The Balaban J connectivity index is 1.30. The first-order valence-corrected chi connectivity index (χ1v) is 12.6. The molecule has 0 unspecified atom stereocenters. The maximum absolute atomic E-state index is 11.3. The van der Waals surface area contributed by atoms with Gasteiger partial charge in [-0.1, -0.05) is 12.1 Å². The quantitative estimate of drug-likeness (QED) is 0.377. The van der Waals surface area contributed by atoms with E-state index in [9.17, 15) is 10.1 Å². The predicted molar refractivity (Wildman–Crippen MR) is 140 cm³/mol. The molecule has 4 aromatic rings. The molecule has 3 heterocycles. The average Bonchev–Trinajstić information content (AvgIpc) is 3.51. The number of hydrogen-bond acceptors (Lipinski definition) is 8. The lowest BCUT2D eigenvalue weighted by Gasteiger charge is -2.17. The van der Waals surface area contributed by atoms with E-state index in [4.69, 9.17) is 20.4 Å². The molecule has 0 aliphatic carbocycles. The van der Waals surface area contributed by atoms with Gasteiger partial charge in [-0.15, -0.1) is 11.3 Å². The van der Waals surface area contributed by atoms with Crippen molar-refractivity contribution in [3.05, 3.63) is 75.7 Å². The van der Waals surface area contributed by atoms with Crippen molar-refractivity contribution in [3.63, 3.8) is 0 Å². The summed E-state index contributed by atoms with van der Waals surface area (Å²) >= 11 is 1.54. The van der Waals surface area contributed by atoms with Crippen molar-refractivity contribution < 1.29 is 9.53 Å². The molecule has 36 heavy (non-hydrogen) atoms. The summed E-state index contributed by atoms with van der Waals surface area (Å²) in [7, 11) is 0. The molecular weight excluding hydrogens is 472 g/mol. The molecule has 1 aliphatic rings. The van der Waals surface area contributed by atoms with Crippen LogP contribution in [0.3, 0.4) is 0 Å². The number of carbonyl (C=O) groups excluding carboxylic acids is 1. The number of nitrogens with one attached hydrogen (secondary N) is 1. The van der Waals surface area contributed by atoms with Gasteiger partial charge in [-0.3, -0.25) is 9.69 Å². The van der Waals surface area contributed by atoms with Gasteiger partial charge in [0.15, 0.2) is 0 Å². The van der Waals surface area contributed by atoms with Gasteiger partial charge in [0.2, 0.25) is 17.7 Å². The molecule has 0 bridgehead atoms. The monoisotopic (exact) mass is 498 g/mol. The van der Waals surface area contributed by atoms with Gasteiger partial charge in [0.05, 0.1) is 17.1 Å². The molecule has 0 spiro atoms. The Morgan fingerprint density at radius 3 is 2.67 bits per heavy atom. The molecule has 182 valence electrons. The zero-order valence-corrected chi connectivity index (χ0v) is 20.9. The molecule has 5 rings (SSSR count). The predicted octanol–water partition coefficient (Wildman–Crippen LogP) is 4.76. The molecule has 0 radical (unpaired) electrons. The first kappa shape index (κ1) is 23.7. The Morgan fingerprint density at radius 2 is 1.97 bits per heavy atom. The van der Waals surface area contributed by atoms with E-state index in [1.807, 2.05) is 49.6 Å². The number of rotatable bonds is 7. The standard InChI is InChI=1S/C27H26N6O2S/c1-16-11-19(13-28)12-17(2)23(16)35-26-24-22(8-10-36-24)31-27(32-26)30-21-7-9-33(15-21)14-18-3-5-20(6-4-18)25(29)34/h3-6,8,10-12,21H,7,9,14-15H2,1-2H3,(H2,29,34)(H,30,31,32)/t21-/m1/s1. The highest BCUT2D eigenvalue weighted by Gasteiger charge is 2.24. The van der Waals surface area contributed by atoms with E-state index in [0.717, 1.165) is 53.0 Å². The molecule has 2 aromatic carbocycles. The van der Waals surface area contributed by atoms with Crippen LogP contribution in [0.2, 0.25) is 0 Å². The van der Waals surface area contributed by atoms with E-state index in [0.29, 0.717) is 28.7 Å². The number of carbonyl (C=O) groups is 1. The third-order valence-electron chi connectivity index (χ3n) is 6.31. The number of ether oxygens (including phenoxy) is 1. The van der Waals surface area contributed by atoms with Crippen molar-refractivity contribution in [2.45, 2.75) is 32.9 Å². The molecule has 9 heteroatoms. The maximum Gasteiger partial charge on any atom is 0.248 e. The topological polar surface area (TPSA) is 117 Å². The summed E-state index contributed by atoms with van der Waals surface area (Å²) in [5.74, 6) is 1.35. The number of likely N-dealkylation sites (tertiary alicyclic amines) is 1. The average molecular weight is 499 g/mol. The Bertz CT molecular complexity index is 1450. The van der Waals surface area contributed by atoms with Crippen molar-refractivity contribution in [1.29, 1.82) is 5.26 Å². The summed E-state index contributed by atoms with van der Waals surface area (Å²) in [4.78, 5) is 23.1. The number of primary amides is 1. The number of fused-ring (bicyclic) bond motifs is 1. The number of aromatic nitrogens is 2. The number of nitrogens with zero attached hydrogens (tertiary/aromatic N) is 4. The van der Waals surface area contributed by atoms with Crippen LogP contribution in [0.5, 0.6) is 11.6 Å². The molecule has 8 nitrogen and oxygen atoms in total. The van der Waals surface area contributed by atoms with E-state index in [1.165, 1.54) is 0 Å². The second-order valence-electron chi connectivity index (χ2n) is 9.07. The minimum Gasteiger partial charge on any atom is -0.437 e. The minimum absolute atomic E-state index is 0.206. The van der Waals surface area contributed by atoms with Crippen molar-refractivity contribution >= 4 is 33.4 Å². The molecule has 1 amide bonds. The second kappa shape index (κ2) is 9.93. The van der Waals surface area contributed by atoms with Crippen LogP contribution in [0.4, 0.5) is 5.95 Å². The van der Waals surface area contributed by atoms with Gasteiger partial charge < -0.3 is 15.8 Å². The largest absolute Gasteiger partial charge is 0.437 e. The number of aryl methyl sites for hydroxylation is 2. The van der Waals surface area contributed by atoms with Crippen LogP contribution in [-0.4, -0.2) is 39.9 Å². The zero-order chi connectivity index (χ0) is 25.2. The zero-order valence-electron chi connectivity index (χ0n) is 20.1. The first-order chi connectivity index (χ1) is 17.4. The number of benzene rings is 2. The van der Waals surface area contributed by atoms with Crippen LogP contribution in [0.25, 0.3) is 10.2 Å². The molecule has 1 aliphatic heterocycles. The number of anilines is 1. The summed E-state index contributed by atoms with van der Waals surface area (Å²) < 4.78 is 7.19. The fourth-order valence-corrected chi connectivity index (χ4v) is 5.31. The van der Waals surface area contributed by atoms with Gasteiger partial charge in [-0.25, -0.2) is 4.98 Å². The van der Waals surface area contributed by atoms with Crippen LogP contribution < -0.4 is 15.8 Å². The van der Waals surface area contributed by atoms with Crippen LogP contribution in [0, 0.1) is 25.2 Å². The van der Waals surface area contributed by atoms with Crippen molar-refractivity contribution in [1.82, 2.24) is 14.9 Å². The second-order valence-corrected chi connectivity index (χ2v) is 9.98. The van der Waals surface area contributed by atoms with E-state index in [1.54, 1.807) is 23.5 Å². The van der Waals surface area contributed by atoms with Gasteiger partial charge in [0.25, 0.3) is 0 Å². The summed E-state index contributed by atoms with van der Waals surface area (Å²) in [6, 6.07) is 15.4. The van der Waals surface area contributed by atoms with Crippen LogP contribution in [-0.2, 0) is 6.54 Å². The van der Waals surface area contributed by atoms with Gasteiger partial charge in [-0.2, -0.15) is 10.2 Å². The van der Waals surface area contributed by atoms with E-state index >= 15 is 0 Å². The Labute approximate surface area is 213 Å². The summed E-state index contributed by atoms with van der Waals surface area (Å²) in [6.45, 7) is 6.47. The van der Waals surface area contributed by atoms with Gasteiger partial charge >= 0.3 is 0 Å². The van der Waals surface area contributed by atoms with Crippen molar-refractivity contribution in [2.24, 2.45) is 5.73 Å². The van der Waals surface area contributed by atoms with Crippen molar-refractivity contribution in [3.8, 4) is 17.7 Å². The Morgan fingerprint density at radius 1 is 1.22 bits per heavy atom. The van der Waals surface area contributed by atoms with E-state index < -0.39 is 5.91 Å². The van der Waals surface area contributed by atoms with Gasteiger partial charge in [-0.05, 0) is 72.7 Å². The molecular formula is C27H26N6O2S. The number of hydrogen-bond donors (Lipinski definition) is 2. The van der Waals surface area contributed by atoms with Crippen LogP contribution in [0.15, 0.2) is 47.8 Å². The Kier molecular flexibility index (Phi) is 6.55. The summed E-state index contributed by atoms with van der Waals surface area (Å²) in [5, 5.41) is 14.7. The number of nitriles is 1. The minimum atomic E-state index is -0.414. The third-order valence-corrected chi connectivity index (χ3v) is 7.20. The van der Waals surface area contributed by atoms with E-state index in [-0.39, 0.29) is 6.04 Å². The first-order valence-electron chi connectivity index (χ1n) is 11.7. The molecule has 3 N–H and O–H groups in total. The maximum atomic E-state index is 11.3. The summed E-state index contributed by atoms with van der Waals surface area (Å²) in [6.07, 6.45) is 0.967. The lowest BCUT2D eigenvalue weighted by Crippen LogP contribution is -2.26. The lowest BCUT2D eigenvalue weighted by atomic mass is 10.1. The fourth-order valence-electron chi connectivity index (χ4n) is 4.55. The molecule has 2 aromatic heterocycles. The van der Waals surface area contributed by atoms with Crippen molar-refractivity contribution in [2.75, 3.05) is 18.4 Å². The highest BCUT2D eigenvalue weighted by Crippen LogP contribution is 2.35. The number of amides is 1. The smallest absolute Gasteiger partial charge is 0.248 e. The molecule has 1 saturated heterocycles. The third kappa shape index (κ3) is 5.00. The Hall–Kier alpha value is -4.00. The number of thiophene rings is 1.